The molecule has 0 aliphatic carbocycles. The van der Waals surface area contributed by atoms with Gasteiger partial charge in [-0.25, -0.2) is 0 Å². The molecule has 1 rings (SSSR count). The summed E-state index contributed by atoms with van der Waals surface area (Å²) in [6.45, 7) is 4.03. The second kappa shape index (κ2) is 6.76. The molecule has 0 saturated carbocycles. The van der Waals surface area contributed by atoms with Gasteiger partial charge in [0.1, 0.15) is 12.4 Å². The molecule has 0 aromatic carbocycles. The van der Waals surface area contributed by atoms with Gasteiger partial charge in [-0.1, -0.05) is 6.92 Å². The molecule has 4 nitrogen and oxygen atoms in total. The third kappa shape index (κ3) is 4.86. The molecule has 0 aromatic rings. The van der Waals surface area contributed by atoms with Crippen molar-refractivity contribution in [3.8, 4) is 0 Å². The fraction of sp³-hybridized carbons (Fsp3) is 0.833. The Morgan fingerprint density at radius 1 is 1.44 bits per heavy atom. The normalized spacial score (nSPS) is 22.8. The van der Waals surface area contributed by atoms with Crippen LogP contribution in [-0.2, 0) is 19.1 Å². The molecule has 1 saturated heterocycles. The topological polar surface area (TPSA) is 52.6 Å². The van der Waals surface area contributed by atoms with Gasteiger partial charge in [-0.05, 0) is 26.2 Å². The van der Waals surface area contributed by atoms with E-state index in [1.54, 1.807) is 6.92 Å². The summed E-state index contributed by atoms with van der Waals surface area (Å²) in [7, 11) is 0. The van der Waals surface area contributed by atoms with Crippen molar-refractivity contribution < 1.29 is 19.1 Å². The van der Waals surface area contributed by atoms with Crippen molar-refractivity contribution in [2.75, 3.05) is 13.2 Å². The van der Waals surface area contributed by atoms with Crippen molar-refractivity contribution in [1.82, 2.24) is 0 Å². The van der Waals surface area contributed by atoms with Crippen molar-refractivity contribution in [1.29, 1.82) is 0 Å². The lowest BCUT2D eigenvalue weighted by Crippen LogP contribution is -2.26. The minimum absolute atomic E-state index is 0.0307. The lowest BCUT2D eigenvalue weighted by atomic mass is 10.0. The lowest BCUT2D eigenvalue weighted by molar-refractivity contribution is -0.169. The first-order valence-corrected chi connectivity index (χ1v) is 5.85. The molecule has 0 bridgehead atoms. The number of carbonyl (C=O) groups is 2. The average Bonchev–Trinajstić information content (AvgIpc) is 2.27. The van der Waals surface area contributed by atoms with Crippen molar-refractivity contribution in [2.24, 2.45) is 5.92 Å². The molecule has 2 atom stereocenters. The third-order valence-corrected chi connectivity index (χ3v) is 2.80. The zero-order valence-corrected chi connectivity index (χ0v) is 10.0. The fourth-order valence-corrected chi connectivity index (χ4v) is 1.57. The molecule has 0 aromatic heterocycles. The van der Waals surface area contributed by atoms with E-state index in [4.69, 9.17) is 9.47 Å². The Labute approximate surface area is 96.3 Å². The first-order chi connectivity index (χ1) is 7.59. The highest BCUT2D eigenvalue weighted by molar-refractivity contribution is 5.87. The number of hydrogen-bond acceptors (Lipinski definition) is 4. The molecular formula is C12H20O4. The van der Waals surface area contributed by atoms with Crippen LogP contribution < -0.4 is 0 Å². The molecule has 1 aliphatic rings. The molecule has 0 N–H and O–H groups in total. The summed E-state index contributed by atoms with van der Waals surface area (Å²) >= 11 is 0. The van der Waals surface area contributed by atoms with Gasteiger partial charge >= 0.3 is 0 Å². The van der Waals surface area contributed by atoms with Gasteiger partial charge in [-0.2, -0.15) is 0 Å². The first kappa shape index (κ1) is 13.3. The van der Waals surface area contributed by atoms with E-state index in [9.17, 15) is 9.59 Å². The number of hydrogen-bond donors (Lipinski definition) is 0. The van der Waals surface area contributed by atoms with Crippen molar-refractivity contribution in [3.05, 3.63) is 0 Å². The quantitative estimate of drug-likeness (QED) is 0.694. The average molecular weight is 228 g/mol. The molecule has 1 heterocycles. The molecule has 0 radical (unpaired) electrons. The highest BCUT2D eigenvalue weighted by Crippen LogP contribution is 2.14. The number of ether oxygens (including phenoxy) is 2. The van der Waals surface area contributed by atoms with Crippen LogP contribution in [0.2, 0.25) is 0 Å². The van der Waals surface area contributed by atoms with Gasteiger partial charge in [0.15, 0.2) is 12.1 Å². The Hall–Kier alpha value is -0.740. The fourth-order valence-electron chi connectivity index (χ4n) is 1.57. The van der Waals surface area contributed by atoms with Gasteiger partial charge in [0.05, 0.1) is 0 Å². The smallest absolute Gasteiger partial charge is 0.159 e. The predicted molar refractivity (Wildman–Crippen MR) is 59.0 cm³/mol. The van der Waals surface area contributed by atoms with Crippen LogP contribution in [0.25, 0.3) is 0 Å². The zero-order chi connectivity index (χ0) is 12.0. The van der Waals surface area contributed by atoms with Gasteiger partial charge in [-0.3, -0.25) is 9.59 Å². The molecule has 16 heavy (non-hydrogen) atoms. The molecule has 1 aliphatic heterocycles. The van der Waals surface area contributed by atoms with E-state index in [-0.39, 0.29) is 36.8 Å². The molecule has 4 heteroatoms. The summed E-state index contributed by atoms with van der Waals surface area (Å²) in [4.78, 5) is 22.4. The summed E-state index contributed by atoms with van der Waals surface area (Å²) in [6, 6.07) is 0. The van der Waals surface area contributed by atoms with E-state index >= 15 is 0 Å². The van der Waals surface area contributed by atoms with Crippen LogP contribution in [-0.4, -0.2) is 31.1 Å². The second-order valence-corrected chi connectivity index (χ2v) is 4.36. The summed E-state index contributed by atoms with van der Waals surface area (Å²) in [5.41, 5.74) is 0. The molecule has 2 unspecified atom stereocenters. The number of ketones is 2. The van der Waals surface area contributed by atoms with Gasteiger partial charge in [0.2, 0.25) is 0 Å². The number of carbonyl (C=O) groups excluding carboxylic acids is 2. The van der Waals surface area contributed by atoms with E-state index in [2.05, 4.69) is 0 Å². The minimum Gasteiger partial charge on any atom is -0.353 e. The predicted octanol–water partition coefficient (Wildman–Crippen LogP) is 1.71. The van der Waals surface area contributed by atoms with Crippen LogP contribution in [0.4, 0.5) is 0 Å². The highest BCUT2D eigenvalue weighted by atomic mass is 16.7. The van der Waals surface area contributed by atoms with Crippen molar-refractivity contribution in [3.63, 3.8) is 0 Å². The van der Waals surface area contributed by atoms with Crippen LogP contribution >= 0.6 is 0 Å². The van der Waals surface area contributed by atoms with Gasteiger partial charge < -0.3 is 9.47 Å². The van der Waals surface area contributed by atoms with Crippen LogP contribution in [0.5, 0.6) is 0 Å². The maximum absolute atomic E-state index is 11.5. The van der Waals surface area contributed by atoms with Crippen LogP contribution in [0.3, 0.4) is 0 Å². The van der Waals surface area contributed by atoms with Gasteiger partial charge in [0, 0.05) is 18.9 Å². The monoisotopic (exact) mass is 228 g/mol. The maximum atomic E-state index is 11.5. The summed E-state index contributed by atoms with van der Waals surface area (Å²) in [6.07, 6.45) is 3.04. The van der Waals surface area contributed by atoms with Gasteiger partial charge in [0.25, 0.3) is 0 Å². The number of Topliss-reactive ketones (excluding diaryl/α,β-unsaturated/α-hetero) is 2. The second-order valence-electron chi connectivity index (χ2n) is 4.36. The molecule has 1 fully saturated rings. The SMILES string of the molecule is CC(=O)C(C)CC(=O)COC1CCCCO1. The zero-order valence-electron chi connectivity index (χ0n) is 10.0. The summed E-state index contributed by atoms with van der Waals surface area (Å²) in [5, 5.41) is 0. The molecule has 92 valence electrons. The van der Waals surface area contributed by atoms with Crippen LogP contribution in [0.1, 0.15) is 39.5 Å². The molecule has 0 spiro atoms. The highest BCUT2D eigenvalue weighted by Gasteiger charge is 2.17. The van der Waals surface area contributed by atoms with Gasteiger partial charge in [-0.15, -0.1) is 0 Å². The standard InChI is InChI=1S/C12H20O4/c1-9(10(2)13)7-11(14)8-16-12-5-3-4-6-15-12/h9,12H,3-8H2,1-2H3. The van der Waals surface area contributed by atoms with E-state index in [0.29, 0.717) is 6.61 Å². The largest absolute Gasteiger partial charge is 0.353 e. The van der Waals surface area contributed by atoms with E-state index in [1.165, 1.54) is 6.92 Å². The maximum Gasteiger partial charge on any atom is 0.159 e. The van der Waals surface area contributed by atoms with Crippen LogP contribution in [0.15, 0.2) is 0 Å². The first-order valence-electron chi connectivity index (χ1n) is 5.85. The van der Waals surface area contributed by atoms with Crippen LogP contribution in [0, 0.1) is 5.92 Å². The third-order valence-electron chi connectivity index (χ3n) is 2.80. The summed E-state index contributed by atoms with van der Waals surface area (Å²) in [5.74, 6) is -0.192. The Morgan fingerprint density at radius 3 is 2.75 bits per heavy atom. The van der Waals surface area contributed by atoms with Crippen molar-refractivity contribution in [2.45, 2.75) is 45.8 Å². The number of rotatable bonds is 6. The lowest BCUT2D eigenvalue weighted by Gasteiger charge is -2.22. The van der Waals surface area contributed by atoms with E-state index in [1.807, 2.05) is 0 Å². The van der Waals surface area contributed by atoms with Crippen molar-refractivity contribution >= 4 is 11.6 Å². The van der Waals surface area contributed by atoms with E-state index < -0.39 is 0 Å². The Bertz CT molecular complexity index is 243. The Balaban J connectivity index is 2.16. The molecular weight excluding hydrogens is 208 g/mol. The van der Waals surface area contributed by atoms with E-state index in [0.717, 1.165) is 19.3 Å². The molecule has 0 amide bonds. The summed E-state index contributed by atoms with van der Waals surface area (Å²) < 4.78 is 10.7. The Kier molecular flexibility index (Phi) is 5.63. The minimum atomic E-state index is -0.231. The Morgan fingerprint density at radius 2 is 2.19 bits per heavy atom.